The zero-order valence-electron chi connectivity index (χ0n) is 16.9. The average molecular weight is 400 g/mol. The lowest BCUT2D eigenvalue weighted by Crippen LogP contribution is -2.40. The summed E-state index contributed by atoms with van der Waals surface area (Å²) in [6.07, 6.45) is 9.64. The molecule has 3 aromatic heterocycles. The fourth-order valence-electron chi connectivity index (χ4n) is 5.11. The number of fused-ring (bicyclic) bond motifs is 3. The molecule has 30 heavy (non-hydrogen) atoms. The van der Waals surface area contributed by atoms with Crippen LogP contribution < -0.4 is 0 Å². The molecule has 6 heteroatoms. The predicted molar refractivity (Wildman–Crippen MR) is 113 cm³/mol. The number of hydrogen-bond donors (Lipinski definition) is 0. The van der Waals surface area contributed by atoms with Gasteiger partial charge >= 0.3 is 0 Å². The quantitative estimate of drug-likeness (QED) is 0.523. The minimum atomic E-state index is 0.164. The van der Waals surface area contributed by atoms with Crippen molar-refractivity contribution in [3.8, 4) is 0 Å². The van der Waals surface area contributed by atoms with E-state index in [1.807, 2.05) is 33.7 Å². The van der Waals surface area contributed by atoms with Crippen molar-refractivity contribution in [1.29, 1.82) is 0 Å². The predicted octanol–water partition coefficient (Wildman–Crippen LogP) is 3.91. The third kappa shape index (κ3) is 2.90. The van der Waals surface area contributed by atoms with E-state index in [1.165, 1.54) is 17.5 Å². The van der Waals surface area contributed by atoms with Crippen LogP contribution in [-0.4, -0.2) is 38.5 Å². The molecule has 152 valence electrons. The van der Waals surface area contributed by atoms with Gasteiger partial charge in [-0.15, -0.1) is 10.2 Å². The number of furan rings is 1. The Labute approximate surface area is 174 Å². The third-order valence-electron chi connectivity index (χ3n) is 6.69. The molecule has 0 N–H and O–H groups in total. The van der Waals surface area contributed by atoms with Gasteiger partial charge in [0, 0.05) is 36.2 Å². The number of aryl methyl sites for hydroxylation is 2. The second kappa shape index (κ2) is 6.97. The third-order valence-corrected chi connectivity index (χ3v) is 6.69. The van der Waals surface area contributed by atoms with Crippen LogP contribution in [0.15, 0.2) is 47.2 Å². The van der Waals surface area contributed by atoms with Crippen molar-refractivity contribution < 1.29 is 9.21 Å². The lowest BCUT2D eigenvalue weighted by Gasteiger charge is -2.32. The summed E-state index contributed by atoms with van der Waals surface area (Å²) >= 11 is 0. The Bertz CT molecular complexity index is 1250. The number of aromatic nitrogens is 3. The van der Waals surface area contributed by atoms with Crippen LogP contribution in [-0.2, 0) is 24.1 Å². The fourth-order valence-corrected chi connectivity index (χ4v) is 5.11. The van der Waals surface area contributed by atoms with E-state index in [1.54, 1.807) is 6.26 Å². The summed E-state index contributed by atoms with van der Waals surface area (Å²) in [5, 5.41) is 9.81. The number of amides is 1. The number of rotatable bonds is 3. The van der Waals surface area contributed by atoms with Crippen molar-refractivity contribution in [2.75, 3.05) is 13.1 Å². The lowest BCUT2D eigenvalue weighted by atomic mass is 9.96. The summed E-state index contributed by atoms with van der Waals surface area (Å²) in [5.74, 6) is 1.33. The van der Waals surface area contributed by atoms with Crippen LogP contribution in [0.4, 0.5) is 0 Å². The van der Waals surface area contributed by atoms with Crippen molar-refractivity contribution in [3.63, 3.8) is 0 Å². The molecule has 0 unspecified atom stereocenters. The molecular weight excluding hydrogens is 376 g/mol. The van der Waals surface area contributed by atoms with Crippen molar-refractivity contribution in [1.82, 2.24) is 19.5 Å². The van der Waals surface area contributed by atoms with Gasteiger partial charge in [0.1, 0.15) is 11.4 Å². The molecule has 1 aliphatic carbocycles. The van der Waals surface area contributed by atoms with Crippen molar-refractivity contribution in [2.45, 2.75) is 44.4 Å². The highest BCUT2D eigenvalue weighted by atomic mass is 16.3. The Morgan fingerprint density at radius 2 is 2.03 bits per heavy atom. The first-order chi connectivity index (χ1) is 14.8. The molecule has 0 saturated carbocycles. The number of piperidine rings is 1. The Hall–Kier alpha value is -3.15. The van der Waals surface area contributed by atoms with Gasteiger partial charge in [-0.3, -0.25) is 9.20 Å². The first-order valence-corrected chi connectivity index (χ1v) is 10.9. The van der Waals surface area contributed by atoms with Crippen LogP contribution in [0.3, 0.4) is 0 Å². The monoisotopic (exact) mass is 400 g/mol. The maximum Gasteiger partial charge on any atom is 0.227 e. The van der Waals surface area contributed by atoms with Crippen LogP contribution in [0.1, 0.15) is 47.7 Å². The second-order valence-corrected chi connectivity index (χ2v) is 8.57. The highest BCUT2D eigenvalue weighted by Crippen LogP contribution is 2.31. The van der Waals surface area contributed by atoms with Gasteiger partial charge in [0.05, 0.1) is 12.7 Å². The number of carbonyl (C=O) groups is 1. The molecule has 2 aliphatic rings. The van der Waals surface area contributed by atoms with Gasteiger partial charge in [-0.05, 0) is 67.5 Å². The van der Waals surface area contributed by atoms with Crippen molar-refractivity contribution >= 4 is 22.5 Å². The van der Waals surface area contributed by atoms with E-state index in [0.29, 0.717) is 13.0 Å². The lowest BCUT2D eigenvalue weighted by molar-refractivity contribution is -0.131. The Kier molecular flexibility index (Phi) is 4.11. The largest absolute Gasteiger partial charge is 0.464 e. The topological polar surface area (TPSA) is 63.6 Å². The van der Waals surface area contributed by atoms with E-state index in [9.17, 15) is 4.79 Å². The van der Waals surface area contributed by atoms with Crippen LogP contribution in [0.5, 0.6) is 0 Å². The summed E-state index contributed by atoms with van der Waals surface area (Å²) in [6, 6.07) is 10.3. The smallest absolute Gasteiger partial charge is 0.227 e. The summed E-state index contributed by atoms with van der Waals surface area (Å²) in [4.78, 5) is 15.2. The maximum atomic E-state index is 13.2. The molecule has 4 heterocycles. The van der Waals surface area contributed by atoms with E-state index in [0.717, 1.165) is 60.2 Å². The zero-order valence-corrected chi connectivity index (χ0v) is 16.9. The van der Waals surface area contributed by atoms with Gasteiger partial charge in [-0.1, -0.05) is 6.07 Å². The summed E-state index contributed by atoms with van der Waals surface area (Å²) in [6.45, 7) is 1.50. The number of likely N-dealkylation sites (tertiary alicyclic amines) is 1. The molecule has 0 spiro atoms. The average Bonchev–Trinajstić information content (AvgIpc) is 3.50. The van der Waals surface area contributed by atoms with Crippen molar-refractivity contribution in [3.05, 3.63) is 65.3 Å². The molecule has 1 fully saturated rings. The fraction of sp³-hybridized carbons (Fsp3) is 0.375. The van der Waals surface area contributed by atoms with Gasteiger partial charge in [0.2, 0.25) is 5.91 Å². The number of benzene rings is 1. The van der Waals surface area contributed by atoms with E-state index in [-0.39, 0.29) is 11.8 Å². The molecule has 6 rings (SSSR count). The van der Waals surface area contributed by atoms with E-state index >= 15 is 0 Å². The number of carbonyl (C=O) groups excluding carboxylic acids is 1. The number of nitrogens with zero attached hydrogens (tertiary/aromatic N) is 4. The first kappa shape index (κ1) is 17.7. The molecule has 0 radical (unpaired) electrons. The highest BCUT2D eigenvalue weighted by molar-refractivity contribution is 5.88. The highest BCUT2D eigenvalue weighted by Gasteiger charge is 2.28. The van der Waals surface area contributed by atoms with Gasteiger partial charge in [0.25, 0.3) is 0 Å². The molecule has 1 aromatic carbocycles. The molecule has 1 aliphatic heterocycles. The van der Waals surface area contributed by atoms with E-state index in [2.05, 4.69) is 22.3 Å². The van der Waals surface area contributed by atoms with E-state index in [4.69, 9.17) is 4.42 Å². The molecular formula is C24H24N4O2. The van der Waals surface area contributed by atoms with Gasteiger partial charge in [0.15, 0.2) is 5.65 Å². The summed E-state index contributed by atoms with van der Waals surface area (Å²) in [7, 11) is 0. The molecule has 0 bridgehead atoms. The minimum absolute atomic E-state index is 0.164. The van der Waals surface area contributed by atoms with Crippen molar-refractivity contribution in [2.24, 2.45) is 0 Å². The first-order valence-electron chi connectivity index (χ1n) is 10.9. The molecule has 1 atom stereocenters. The second-order valence-electron chi connectivity index (χ2n) is 8.57. The van der Waals surface area contributed by atoms with Crippen LogP contribution in [0.2, 0.25) is 0 Å². The van der Waals surface area contributed by atoms with Gasteiger partial charge in [-0.2, -0.15) is 0 Å². The normalized spacial score (nSPS) is 18.9. The zero-order chi connectivity index (χ0) is 20.1. The number of hydrogen-bond acceptors (Lipinski definition) is 4. The number of pyridine rings is 1. The van der Waals surface area contributed by atoms with Crippen LogP contribution >= 0.6 is 0 Å². The minimum Gasteiger partial charge on any atom is -0.464 e. The van der Waals surface area contributed by atoms with E-state index < -0.39 is 0 Å². The summed E-state index contributed by atoms with van der Waals surface area (Å²) < 4.78 is 7.84. The summed E-state index contributed by atoms with van der Waals surface area (Å²) in [5.41, 5.74) is 5.57. The molecule has 4 aromatic rings. The Morgan fingerprint density at radius 3 is 2.97 bits per heavy atom. The van der Waals surface area contributed by atoms with Crippen LogP contribution in [0, 0.1) is 0 Å². The van der Waals surface area contributed by atoms with Crippen LogP contribution in [0.25, 0.3) is 16.6 Å². The van der Waals surface area contributed by atoms with Gasteiger partial charge in [-0.25, -0.2) is 0 Å². The Balaban J connectivity index is 1.22. The SMILES string of the molecule is O=C(Cc1coc2cc3c(cc12)CCC3)N1CCC[C@H](c2nnc3ccccn23)C1. The van der Waals surface area contributed by atoms with Gasteiger partial charge < -0.3 is 9.32 Å². The maximum absolute atomic E-state index is 13.2. The molecule has 1 saturated heterocycles. The Morgan fingerprint density at radius 1 is 1.13 bits per heavy atom. The standard InChI is InChI=1S/C24H24N4O2/c29-23(13-19-15-30-21-12-17-6-3-5-16(17)11-20(19)21)27-9-4-7-18(14-27)24-26-25-22-8-1-2-10-28(22)24/h1-2,8,10-12,15,18H,3-7,9,13-14H2/t18-/m0/s1. The molecule has 6 nitrogen and oxygen atoms in total. The molecule has 1 amide bonds.